The highest BCUT2D eigenvalue weighted by atomic mass is 16.6. The van der Waals surface area contributed by atoms with E-state index in [-0.39, 0.29) is 23.3 Å². The maximum atomic E-state index is 10.7. The molecule has 2 N–H and O–H groups in total. The van der Waals surface area contributed by atoms with Gasteiger partial charge in [-0.2, -0.15) is 0 Å². The first kappa shape index (κ1) is 15.6. The highest BCUT2D eigenvalue weighted by Crippen LogP contribution is 2.18. The zero-order valence-electron chi connectivity index (χ0n) is 11.0. The predicted octanol–water partition coefficient (Wildman–Crippen LogP) is 1.64. The Kier molecular flexibility index (Phi) is 7.02. The van der Waals surface area contributed by atoms with Crippen LogP contribution < -0.4 is 5.32 Å². The SMILES string of the molecule is CC(NCCCOCCO)c1cccc([N+](=O)[O-])c1. The average molecular weight is 268 g/mol. The van der Waals surface area contributed by atoms with E-state index in [1.54, 1.807) is 12.1 Å². The van der Waals surface area contributed by atoms with Crippen LogP contribution in [0.15, 0.2) is 24.3 Å². The molecule has 0 aliphatic heterocycles. The van der Waals surface area contributed by atoms with Crippen molar-refractivity contribution in [2.45, 2.75) is 19.4 Å². The number of nitrogens with zero attached hydrogens (tertiary/aromatic N) is 1. The minimum Gasteiger partial charge on any atom is -0.394 e. The lowest BCUT2D eigenvalue weighted by Gasteiger charge is -2.14. The number of rotatable bonds is 9. The quantitative estimate of drug-likeness (QED) is 0.404. The Morgan fingerprint density at radius 2 is 2.26 bits per heavy atom. The van der Waals surface area contributed by atoms with Crippen molar-refractivity contribution in [3.8, 4) is 0 Å². The molecule has 0 aliphatic carbocycles. The summed E-state index contributed by atoms with van der Waals surface area (Å²) in [7, 11) is 0. The molecule has 0 bridgehead atoms. The zero-order valence-corrected chi connectivity index (χ0v) is 11.0. The standard InChI is InChI=1S/C13H20N2O4/c1-11(14-6-3-8-19-9-7-16)12-4-2-5-13(10-12)15(17)18/h2,4-5,10-11,14,16H,3,6-9H2,1H3. The van der Waals surface area contributed by atoms with E-state index in [1.807, 2.05) is 13.0 Å². The summed E-state index contributed by atoms with van der Waals surface area (Å²) in [5.41, 5.74) is 1.00. The topological polar surface area (TPSA) is 84.6 Å². The van der Waals surface area contributed by atoms with Crippen LogP contribution in [0.3, 0.4) is 0 Å². The Labute approximate surface area is 112 Å². The second-order valence-corrected chi connectivity index (χ2v) is 4.22. The number of benzene rings is 1. The maximum Gasteiger partial charge on any atom is 0.269 e. The molecular weight excluding hydrogens is 248 g/mol. The van der Waals surface area contributed by atoms with Gasteiger partial charge in [0, 0.05) is 24.8 Å². The Hall–Kier alpha value is -1.50. The molecule has 0 amide bonds. The van der Waals surface area contributed by atoms with Crippen LogP contribution in [-0.4, -0.2) is 36.4 Å². The second-order valence-electron chi connectivity index (χ2n) is 4.22. The maximum absolute atomic E-state index is 10.7. The lowest BCUT2D eigenvalue weighted by molar-refractivity contribution is -0.384. The van der Waals surface area contributed by atoms with Crippen molar-refractivity contribution in [3.63, 3.8) is 0 Å². The fourth-order valence-corrected chi connectivity index (χ4v) is 1.68. The summed E-state index contributed by atoms with van der Waals surface area (Å²) in [5.74, 6) is 0. The molecule has 6 heteroatoms. The molecule has 0 saturated carbocycles. The summed E-state index contributed by atoms with van der Waals surface area (Å²) in [6.45, 7) is 3.72. The summed E-state index contributed by atoms with van der Waals surface area (Å²) in [6.07, 6.45) is 0.833. The first-order chi connectivity index (χ1) is 9.15. The van der Waals surface area contributed by atoms with Crippen LogP contribution in [0.5, 0.6) is 0 Å². The number of aliphatic hydroxyl groups is 1. The van der Waals surface area contributed by atoms with Gasteiger partial charge in [0.2, 0.25) is 0 Å². The molecular formula is C13H20N2O4. The van der Waals surface area contributed by atoms with Crippen molar-refractivity contribution in [1.29, 1.82) is 0 Å². The van der Waals surface area contributed by atoms with Gasteiger partial charge in [0.15, 0.2) is 0 Å². The van der Waals surface area contributed by atoms with Crippen LogP contribution in [0.4, 0.5) is 5.69 Å². The van der Waals surface area contributed by atoms with Gasteiger partial charge in [-0.05, 0) is 25.5 Å². The summed E-state index contributed by atoms with van der Waals surface area (Å²) >= 11 is 0. The number of ether oxygens (including phenoxy) is 1. The van der Waals surface area contributed by atoms with Crippen molar-refractivity contribution < 1.29 is 14.8 Å². The smallest absolute Gasteiger partial charge is 0.269 e. The van der Waals surface area contributed by atoms with Gasteiger partial charge in [-0.25, -0.2) is 0 Å². The van der Waals surface area contributed by atoms with Gasteiger partial charge in [-0.15, -0.1) is 0 Å². The Morgan fingerprint density at radius 1 is 1.47 bits per heavy atom. The number of non-ortho nitro benzene ring substituents is 1. The molecule has 1 aromatic carbocycles. The van der Waals surface area contributed by atoms with Crippen molar-refractivity contribution in [2.75, 3.05) is 26.4 Å². The van der Waals surface area contributed by atoms with E-state index in [4.69, 9.17) is 9.84 Å². The van der Waals surface area contributed by atoms with E-state index >= 15 is 0 Å². The zero-order chi connectivity index (χ0) is 14.1. The van der Waals surface area contributed by atoms with Gasteiger partial charge in [-0.1, -0.05) is 12.1 Å². The molecule has 0 fully saturated rings. The van der Waals surface area contributed by atoms with Crippen LogP contribution in [0.2, 0.25) is 0 Å². The molecule has 19 heavy (non-hydrogen) atoms. The minimum absolute atomic E-state index is 0.0392. The molecule has 0 saturated heterocycles. The predicted molar refractivity (Wildman–Crippen MR) is 72.0 cm³/mol. The lowest BCUT2D eigenvalue weighted by Crippen LogP contribution is -2.21. The molecule has 106 valence electrons. The molecule has 0 heterocycles. The van der Waals surface area contributed by atoms with E-state index in [0.29, 0.717) is 13.2 Å². The number of nitro groups is 1. The van der Waals surface area contributed by atoms with Gasteiger partial charge in [0.05, 0.1) is 18.1 Å². The molecule has 0 spiro atoms. The van der Waals surface area contributed by atoms with E-state index in [1.165, 1.54) is 6.07 Å². The summed E-state index contributed by atoms with van der Waals surface area (Å²) in [6, 6.07) is 6.68. The number of nitrogens with one attached hydrogen (secondary N) is 1. The third-order valence-electron chi connectivity index (χ3n) is 2.73. The highest BCUT2D eigenvalue weighted by molar-refractivity contribution is 5.35. The molecule has 6 nitrogen and oxygen atoms in total. The Morgan fingerprint density at radius 3 is 2.95 bits per heavy atom. The van der Waals surface area contributed by atoms with Gasteiger partial charge < -0.3 is 15.2 Å². The first-order valence-corrected chi connectivity index (χ1v) is 6.31. The lowest BCUT2D eigenvalue weighted by atomic mass is 10.1. The van der Waals surface area contributed by atoms with E-state index in [9.17, 15) is 10.1 Å². The van der Waals surface area contributed by atoms with E-state index in [0.717, 1.165) is 18.5 Å². The van der Waals surface area contributed by atoms with Crippen LogP contribution in [0, 0.1) is 10.1 Å². The van der Waals surface area contributed by atoms with Crippen molar-refractivity contribution in [1.82, 2.24) is 5.32 Å². The third-order valence-corrected chi connectivity index (χ3v) is 2.73. The van der Waals surface area contributed by atoms with Crippen molar-refractivity contribution in [3.05, 3.63) is 39.9 Å². The second kappa shape index (κ2) is 8.58. The number of nitro benzene ring substituents is 1. The number of aliphatic hydroxyl groups excluding tert-OH is 1. The first-order valence-electron chi connectivity index (χ1n) is 6.31. The number of hydrogen-bond acceptors (Lipinski definition) is 5. The average Bonchev–Trinajstić information content (AvgIpc) is 2.42. The monoisotopic (exact) mass is 268 g/mol. The highest BCUT2D eigenvalue weighted by Gasteiger charge is 2.10. The van der Waals surface area contributed by atoms with Gasteiger partial charge in [0.1, 0.15) is 0 Å². The molecule has 0 radical (unpaired) electrons. The largest absolute Gasteiger partial charge is 0.394 e. The van der Waals surface area contributed by atoms with Crippen molar-refractivity contribution in [2.24, 2.45) is 0 Å². The fraction of sp³-hybridized carbons (Fsp3) is 0.538. The Bertz CT molecular complexity index is 398. The van der Waals surface area contributed by atoms with Gasteiger partial charge >= 0.3 is 0 Å². The Balaban J connectivity index is 2.34. The molecule has 1 rings (SSSR count). The van der Waals surface area contributed by atoms with Gasteiger partial charge in [-0.3, -0.25) is 10.1 Å². The van der Waals surface area contributed by atoms with Crippen LogP contribution in [-0.2, 0) is 4.74 Å². The van der Waals surface area contributed by atoms with Crippen molar-refractivity contribution >= 4 is 5.69 Å². The molecule has 0 aromatic heterocycles. The summed E-state index contributed by atoms with van der Waals surface area (Å²) in [5, 5.41) is 22.5. The van der Waals surface area contributed by atoms with Gasteiger partial charge in [0.25, 0.3) is 5.69 Å². The van der Waals surface area contributed by atoms with Crippen LogP contribution in [0.25, 0.3) is 0 Å². The normalized spacial score (nSPS) is 12.3. The van der Waals surface area contributed by atoms with E-state index < -0.39 is 0 Å². The molecule has 1 atom stereocenters. The number of hydrogen-bond donors (Lipinski definition) is 2. The minimum atomic E-state index is -0.390. The van der Waals surface area contributed by atoms with Crippen LogP contribution >= 0.6 is 0 Å². The fourth-order valence-electron chi connectivity index (χ4n) is 1.68. The molecule has 1 aromatic rings. The molecule has 1 unspecified atom stereocenters. The summed E-state index contributed by atoms with van der Waals surface area (Å²) < 4.78 is 5.14. The van der Waals surface area contributed by atoms with Crippen LogP contribution in [0.1, 0.15) is 24.9 Å². The third kappa shape index (κ3) is 5.78. The molecule has 0 aliphatic rings. The summed E-state index contributed by atoms with van der Waals surface area (Å²) in [4.78, 5) is 10.3. The van der Waals surface area contributed by atoms with E-state index in [2.05, 4.69) is 5.32 Å².